The van der Waals surface area contributed by atoms with E-state index in [4.69, 9.17) is 0 Å². The van der Waals surface area contributed by atoms with E-state index in [1.165, 1.54) is 15.1 Å². The quantitative estimate of drug-likeness (QED) is 0.215. The van der Waals surface area contributed by atoms with Crippen molar-refractivity contribution in [2.75, 3.05) is 0 Å². The number of para-hydroxylation sites is 3. The molecular formula is C35H26N2O2S. The molecule has 0 atom stereocenters. The lowest BCUT2D eigenvalue weighted by Gasteiger charge is -2.14. The fourth-order valence-electron chi connectivity index (χ4n) is 5.56. The van der Waals surface area contributed by atoms with Gasteiger partial charge < -0.3 is 4.57 Å². The third-order valence-corrected chi connectivity index (χ3v) is 9.10. The van der Waals surface area contributed by atoms with Crippen molar-refractivity contribution < 1.29 is 8.42 Å². The van der Waals surface area contributed by atoms with Gasteiger partial charge in [0.2, 0.25) is 0 Å². The fourth-order valence-corrected chi connectivity index (χ4v) is 7.12. The molecule has 0 fully saturated rings. The number of nitrogens with zero attached hydrogens (tertiary/aromatic N) is 2. The summed E-state index contributed by atoms with van der Waals surface area (Å²) in [4.78, 5) is 0.265. The first kappa shape index (κ1) is 24.2. The molecule has 0 amide bonds. The smallest absolute Gasteiger partial charge is 0.268 e. The Morgan fingerprint density at radius 1 is 0.550 bits per heavy atom. The highest BCUT2D eigenvalue weighted by atomic mass is 32.2. The van der Waals surface area contributed by atoms with Crippen LogP contribution in [0.5, 0.6) is 0 Å². The van der Waals surface area contributed by atoms with Gasteiger partial charge in [0.15, 0.2) is 0 Å². The van der Waals surface area contributed by atoms with Gasteiger partial charge in [0.25, 0.3) is 10.0 Å². The van der Waals surface area contributed by atoms with E-state index in [2.05, 4.69) is 71.3 Å². The average molecular weight is 539 g/mol. The standard InChI is InChI=1S/C35H26N2O2S/c38-40(39,32-18-5-2-6-19-32)37-34-21-10-8-14-29(34)25-35(37)27-15-11-12-26(22-27)23-31-24-28-13-7-9-20-33(28)36(31)30-16-3-1-4-17-30/h1-22,24-25H,23H2. The second-order valence-corrected chi connectivity index (χ2v) is 11.7. The summed E-state index contributed by atoms with van der Waals surface area (Å²) >= 11 is 0. The van der Waals surface area contributed by atoms with Crippen LogP contribution in [0.1, 0.15) is 11.3 Å². The number of benzene rings is 5. The minimum atomic E-state index is -3.82. The Balaban J connectivity index is 1.36. The van der Waals surface area contributed by atoms with E-state index in [1.54, 1.807) is 24.3 Å². The molecule has 7 rings (SSSR count). The van der Waals surface area contributed by atoms with Crippen LogP contribution in [-0.4, -0.2) is 17.0 Å². The Hall–Kier alpha value is -4.87. The highest BCUT2D eigenvalue weighted by Crippen LogP contribution is 2.33. The van der Waals surface area contributed by atoms with Gasteiger partial charge >= 0.3 is 0 Å². The van der Waals surface area contributed by atoms with E-state index >= 15 is 0 Å². The highest BCUT2D eigenvalue weighted by molar-refractivity contribution is 7.90. The molecule has 4 nitrogen and oxygen atoms in total. The van der Waals surface area contributed by atoms with Gasteiger partial charge in [-0.2, -0.15) is 0 Å². The maximum absolute atomic E-state index is 13.9. The Kier molecular flexibility index (Phi) is 5.87. The van der Waals surface area contributed by atoms with E-state index in [9.17, 15) is 8.42 Å². The molecule has 2 aromatic heterocycles. The summed E-state index contributed by atoms with van der Waals surface area (Å²) in [5.74, 6) is 0. The van der Waals surface area contributed by atoms with Gasteiger partial charge in [-0.25, -0.2) is 12.4 Å². The normalized spacial score (nSPS) is 11.8. The van der Waals surface area contributed by atoms with Crippen molar-refractivity contribution in [3.8, 4) is 16.9 Å². The molecule has 2 heterocycles. The lowest BCUT2D eigenvalue weighted by atomic mass is 10.0. The van der Waals surface area contributed by atoms with Gasteiger partial charge in [-0.3, -0.25) is 0 Å². The summed E-state index contributed by atoms with van der Waals surface area (Å²) in [6.07, 6.45) is 0.697. The van der Waals surface area contributed by atoms with Gasteiger partial charge in [-0.05, 0) is 65.7 Å². The molecule has 0 aliphatic carbocycles. The highest BCUT2D eigenvalue weighted by Gasteiger charge is 2.24. The first-order valence-corrected chi connectivity index (χ1v) is 14.7. The molecule has 5 heteroatoms. The molecule has 0 radical (unpaired) electrons. The second kappa shape index (κ2) is 9.70. The lowest BCUT2D eigenvalue weighted by Crippen LogP contribution is -2.14. The molecule has 0 saturated carbocycles. The molecule has 40 heavy (non-hydrogen) atoms. The Bertz CT molecular complexity index is 2090. The molecule has 0 saturated heterocycles. The van der Waals surface area contributed by atoms with Crippen LogP contribution in [0.4, 0.5) is 0 Å². The maximum Gasteiger partial charge on any atom is 0.268 e. The molecule has 194 valence electrons. The van der Waals surface area contributed by atoms with Gasteiger partial charge in [0.1, 0.15) is 0 Å². The molecule has 0 bridgehead atoms. The number of hydrogen-bond acceptors (Lipinski definition) is 2. The molecule has 0 N–H and O–H groups in total. The summed E-state index contributed by atoms with van der Waals surface area (Å²) in [5, 5.41) is 2.07. The van der Waals surface area contributed by atoms with Crippen LogP contribution in [0.3, 0.4) is 0 Å². The largest absolute Gasteiger partial charge is 0.313 e. The van der Waals surface area contributed by atoms with Crippen LogP contribution in [-0.2, 0) is 16.4 Å². The van der Waals surface area contributed by atoms with Crippen molar-refractivity contribution in [3.63, 3.8) is 0 Å². The van der Waals surface area contributed by atoms with E-state index in [0.717, 1.165) is 27.7 Å². The number of hydrogen-bond donors (Lipinski definition) is 0. The molecule has 0 aliphatic heterocycles. The molecular weight excluding hydrogens is 512 g/mol. The minimum Gasteiger partial charge on any atom is -0.313 e. The van der Waals surface area contributed by atoms with Gasteiger partial charge in [-0.1, -0.05) is 91.0 Å². The third-order valence-electron chi connectivity index (χ3n) is 7.36. The third kappa shape index (κ3) is 4.12. The summed E-state index contributed by atoms with van der Waals surface area (Å²) in [6, 6.07) is 47.5. The van der Waals surface area contributed by atoms with Crippen molar-refractivity contribution in [2.45, 2.75) is 11.3 Å². The molecule has 0 unspecified atom stereocenters. The predicted molar refractivity (Wildman–Crippen MR) is 162 cm³/mol. The van der Waals surface area contributed by atoms with Gasteiger partial charge in [0, 0.05) is 28.6 Å². The topological polar surface area (TPSA) is 44.0 Å². The predicted octanol–water partition coefficient (Wildman–Crippen LogP) is 8.08. The van der Waals surface area contributed by atoms with E-state index in [-0.39, 0.29) is 4.90 Å². The number of aromatic nitrogens is 2. The Labute approximate surface area is 233 Å². The van der Waals surface area contributed by atoms with Crippen molar-refractivity contribution in [1.82, 2.24) is 8.54 Å². The zero-order valence-electron chi connectivity index (χ0n) is 21.7. The molecule has 0 spiro atoms. The summed E-state index contributed by atoms with van der Waals surface area (Å²) in [5.41, 5.74) is 6.72. The summed E-state index contributed by atoms with van der Waals surface area (Å²) < 4.78 is 31.7. The molecule has 5 aromatic carbocycles. The van der Waals surface area contributed by atoms with Crippen molar-refractivity contribution in [3.05, 3.63) is 157 Å². The summed E-state index contributed by atoms with van der Waals surface area (Å²) in [6.45, 7) is 0. The van der Waals surface area contributed by atoms with E-state index < -0.39 is 10.0 Å². The monoisotopic (exact) mass is 538 g/mol. The maximum atomic E-state index is 13.9. The molecule has 0 aliphatic rings. The van der Waals surface area contributed by atoms with Crippen LogP contribution in [0, 0.1) is 0 Å². The van der Waals surface area contributed by atoms with Gasteiger partial charge in [-0.15, -0.1) is 0 Å². The van der Waals surface area contributed by atoms with E-state index in [1.807, 2.05) is 54.6 Å². The minimum absolute atomic E-state index is 0.265. The van der Waals surface area contributed by atoms with Crippen molar-refractivity contribution in [2.24, 2.45) is 0 Å². The number of fused-ring (bicyclic) bond motifs is 2. The fraction of sp³-hybridized carbons (Fsp3) is 0.0286. The first-order valence-electron chi connectivity index (χ1n) is 13.2. The van der Waals surface area contributed by atoms with Crippen LogP contribution in [0.15, 0.2) is 150 Å². The van der Waals surface area contributed by atoms with E-state index in [0.29, 0.717) is 17.6 Å². The lowest BCUT2D eigenvalue weighted by molar-refractivity contribution is 0.589. The van der Waals surface area contributed by atoms with Crippen molar-refractivity contribution in [1.29, 1.82) is 0 Å². The van der Waals surface area contributed by atoms with Gasteiger partial charge in [0.05, 0.1) is 21.6 Å². The van der Waals surface area contributed by atoms with Crippen LogP contribution < -0.4 is 0 Å². The van der Waals surface area contributed by atoms with Crippen LogP contribution in [0.2, 0.25) is 0 Å². The van der Waals surface area contributed by atoms with Crippen LogP contribution >= 0.6 is 0 Å². The SMILES string of the molecule is O=S(=O)(c1ccccc1)n1c(-c2cccc(Cc3cc4ccccc4n3-c3ccccc3)c2)cc2ccccc21. The zero-order chi connectivity index (χ0) is 27.1. The first-order chi connectivity index (χ1) is 19.6. The van der Waals surface area contributed by atoms with Crippen LogP contribution in [0.25, 0.3) is 38.8 Å². The Morgan fingerprint density at radius 2 is 1.18 bits per heavy atom. The molecule has 7 aromatic rings. The summed E-state index contributed by atoms with van der Waals surface area (Å²) in [7, 11) is -3.82. The second-order valence-electron chi connectivity index (χ2n) is 9.91. The zero-order valence-corrected chi connectivity index (χ0v) is 22.5. The van der Waals surface area contributed by atoms with Crippen molar-refractivity contribution >= 4 is 31.8 Å². The number of rotatable bonds is 6. The average Bonchev–Trinajstić information content (AvgIpc) is 3.57. The Morgan fingerprint density at radius 3 is 1.93 bits per heavy atom.